The van der Waals surface area contributed by atoms with E-state index in [1.54, 1.807) is 25.2 Å². The molecule has 2 unspecified atom stereocenters. The highest BCUT2D eigenvalue weighted by molar-refractivity contribution is 6.01. The van der Waals surface area contributed by atoms with Crippen molar-refractivity contribution in [2.75, 3.05) is 13.6 Å². The van der Waals surface area contributed by atoms with Gasteiger partial charge in [-0.2, -0.15) is 0 Å². The van der Waals surface area contributed by atoms with E-state index in [9.17, 15) is 9.59 Å². The summed E-state index contributed by atoms with van der Waals surface area (Å²) in [7, 11) is 1.64. The van der Waals surface area contributed by atoms with Crippen LogP contribution < -0.4 is 5.32 Å². The largest absolute Gasteiger partial charge is 0.329 e. The Morgan fingerprint density at radius 2 is 2.31 bits per heavy atom. The zero-order valence-electron chi connectivity index (χ0n) is 9.10. The molecular formula is C10H12N4O2. The summed E-state index contributed by atoms with van der Waals surface area (Å²) in [6.07, 6.45) is 1.23. The minimum atomic E-state index is -0.540. The molecule has 0 aromatic heterocycles. The maximum atomic E-state index is 11.5. The summed E-state index contributed by atoms with van der Waals surface area (Å²) in [4.78, 5) is 30.3. The molecule has 0 spiro atoms. The van der Waals surface area contributed by atoms with E-state index in [1.807, 2.05) is 0 Å². The van der Waals surface area contributed by atoms with E-state index in [2.05, 4.69) is 22.2 Å². The van der Waals surface area contributed by atoms with Crippen LogP contribution in [0.2, 0.25) is 0 Å². The van der Waals surface area contributed by atoms with Crippen LogP contribution >= 0.6 is 0 Å². The van der Waals surface area contributed by atoms with Crippen LogP contribution in [0.5, 0.6) is 0 Å². The van der Waals surface area contributed by atoms with E-state index >= 15 is 0 Å². The molecule has 2 atom stereocenters. The first-order chi connectivity index (χ1) is 7.65. The third kappa shape index (κ3) is 1.50. The molecule has 0 aromatic carbocycles. The van der Waals surface area contributed by atoms with Crippen LogP contribution in [-0.2, 0) is 4.79 Å². The molecule has 1 saturated heterocycles. The monoisotopic (exact) mass is 220 g/mol. The van der Waals surface area contributed by atoms with Crippen molar-refractivity contribution in [1.82, 2.24) is 15.1 Å². The molecule has 0 saturated carbocycles. The van der Waals surface area contributed by atoms with Crippen LogP contribution in [0.25, 0.3) is 0 Å². The van der Waals surface area contributed by atoms with Crippen LogP contribution in [0.1, 0.15) is 6.92 Å². The van der Waals surface area contributed by atoms with Gasteiger partial charge in [0.25, 0.3) is 5.91 Å². The average molecular weight is 220 g/mol. The molecule has 0 bridgehead atoms. The molecule has 1 fully saturated rings. The molecule has 2 aliphatic heterocycles. The molecule has 2 heterocycles. The van der Waals surface area contributed by atoms with Gasteiger partial charge in [-0.3, -0.25) is 15.1 Å². The predicted octanol–water partition coefficient (Wildman–Crippen LogP) is -0.770. The molecule has 2 rings (SSSR count). The Balaban J connectivity index is 2.21. The predicted molar refractivity (Wildman–Crippen MR) is 57.5 cm³/mol. The number of amides is 3. The maximum absolute atomic E-state index is 11.5. The molecule has 3 amide bonds. The number of hydrogen-bond acceptors (Lipinski definition) is 4. The maximum Gasteiger partial charge on any atom is 0.325 e. The van der Waals surface area contributed by atoms with E-state index in [4.69, 9.17) is 0 Å². The van der Waals surface area contributed by atoms with Gasteiger partial charge in [-0.25, -0.2) is 4.79 Å². The Bertz CT molecular complexity index is 420. The zero-order valence-corrected chi connectivity index (χ0v) is 9.10. The first kappa shape index (κ1) is 10.5. The van der Waals surface area contributed by atoms with Crippen molar-refractivity contribution in [3.8, 4) is 11.8 Å². The third-order valence-electron chi connectivity index (χ3n) is 2.65. The van der Waals surface area contributed by atoms with Crippen molar-refractivity contribution in [2.24, 2.45) is 4.99 Å². The van der Waals surface area contributed by atoms with Crippen molar-refractivity contribution in [3.63, 3.8) is 0 Å². The molecule has 6 nitrogen and oxygen atoms in total. The quantitative estimate of drug-likeness (QED) is 0.590. The number of nitrogens with one attached hydrogen (secondary N) is 1. The minimum absolute atomic E-state index is 0.345. The smallest absolute Gasteiger partial charge is 0.325 e. The molecule has 6 heteroatoms. The fourth-order valence-electron chi connectivity index (χ4n) is 1.81. The number of urea groups is 1. The summed E-state index contributed by atoms with van der Waals surface area (Å²) in [5.41, 5.74) is 0. The van der Waals surface area contributed by atoms with Crippen molar-refractivity contribution < 1.29 is 9.59 Å². The molecule has 0 aliphatic carbocycles. The van der Waals surface area contributed by atoms with Gasteiger partial charge in [0, 0.05) is 7.05 Å². The standard InChI is InChI=1S/C10H12N4O2/c1-3-4-5-14-6-11-7-8(15)12-10(16)13(2)9(7)14/h6-7,9H,5H2,1-2H3,(H,12,15,16). The highest BCUT2D eigenvalue weighted by Gasteiger charge is 2.44. The first-order valence-electron chi connectivity index (χ1n) is 4.91. The van der Waals surface area contributed by atoms with Gasteiger partial charge in [0.15, 0.2) is 6.04 Å². The first-order valence-corrected chi connectivity index (χ1v) is 4.91. The zero-order chi connectivity index (χ0) is 11.7. The van der Waals surface area contributed by atoms with Crippen molar-refractivity contribution in [1.29, 1.82) is 0 Å². The Kier molecular flexibility index (Phi) is 2.52. The van der Waals surface area contributed by atoms with Gasteiger partial charge in [0.1, 0.15) is 6.17 Å². The minimum Gasteiger partial charge on any atom is -0.329 e. The number of likely N-dealkylation sites (N-methyl/N-ethyl adjacent to an activating group) is 1. The number of hydrogen-bond donors (Lipinski definition) is 1. The fourth-order valence-corrected chi connectivity index (χ4v) is 1.81. The number of nitrogens with zero attached hydrogens (tertiary/aromatic N) is 3. The van der Waals surface area contributed by atoms with E-state index in [0.29, 0.717) is 6.54 Å². The number of aliphatic imine (C=N–C) groups is 1. The van der Waals surface area contributed by atoms with Crippen molar-refractivity contribution in [3.05, 3.63) is 0 Å². The summed E-state index contributed by atoms with van der Waals surface area (Å²) in [5.74, 6) is 5.31. The SMILES string of the molecule is CC#CCN1C=NC2C(=O)NC(=O)N(C)C21. The summed E-state index contributed by atoms with van der Waals surface area (Å²) in [5, 5.41) is 2.25. The molecule has 16 heavy (non-hydrogen) atoms. The van der Waals surface area contributed by atoms with Gasteiger partial charge in [-0.15, -0.1) is 5.92 Å². The highest BCUT2D eigenvalue weighted by atomic mass is 16.2. The number of rotatable bonds is 1. The van der Waals surface area contributed by atoms with E-state index in [-0.39, 0.29) is 12.1 Å². The lowest BCUT2D eigenvalue weighted by atomic mass is 10.1. The van der Waals surface area contributed by atoms with Gasteiger partial charge in [-0.05, 0) is 6.92 Å². The van der Waals surface area contributed by atoms with Gasteiger partial charge in [0.05, 0.1) is 12.9 Å². The van der Waals surface area contributed by atoms with Gasteiger partial charge >= 0.3 is 6.03 Å². The lowest BCUT2D eigenvalue weighted by molar-refractivity contribution is -0.125. The second-order valence-electron chi connectivity index (χ2n) is 3.63. The summed E-state index contributed by atoms with van der Waals surface area (Å²) in [6, 6.07) is -0.937. The van der Waals surface area contributed by atoms with Gasteiger partial charge in [0.2, 0.25) is 0 Å². The Hall–Kier alpha value is -2.03. The third-order valence-corrected chi connectivity index (χ3v) is 2.65. The number of carbonyl (C=O) groups excluding carboxylic acids is 2. The molecule has 2 aliphatic rings. The van der Waals surface area contributed by atoms with E-state index < -0.39 is 12.1 Å². The van der Waals surface area contributed by atoms with Crippen LogP contribution in [0, 0.1) is 11.8 Å². The topological polar surface area (TPSA) is 65.0 Å². The Labute approximate surface area is 93.3 Å². The lowest BCUT2D eigenvalue weighted by Gasteiger charge is -2.37. The molecule has 84 valence electrons. The van der Waals surface area contributed by atoms with Crippen LogP contribution in [0.3, 0.4) is 0 Å². The lowest BCUT2D eigenvalue weighted by Crippen LogP contribution is -2.63. The molecule has 0 radical (unpaired) electrons. The van der Waals surface area contributed by atoms with Gasteiger partial charge < -0.3 is 9.80 Å². The summed E-state index contributed by atoms with van der Waals surface area (Å²) >= 11 is 0. The molecule has 0 aromatic rings. The fraction of sp³-hybridized carbons (Fsp3) is 0.500. The van der Waals surface area contributed by atoms with Crippen LogP contribution in [0.4, 0.5) is 4.79 Å². The van der Waals surface area contributed by atoms with Crippen molar-refractivity contribution in [2.45, 2.75) is 19.1 Å². The van der Waals surface area contributed by atoms with E-state index in [1.165, 1.54) is 4.90 Å². The van der Waals surface area contributed by atoms with Crippen LogP contribution in [-0.4, -0.2) is 53.9 Å². The second-order valence-corrected chi connectivity index (χ2v) is 3.63. The summed E-state index contributed by atoms with van der Waals surface area (Å²) < 4.78 is 0. The Morgan fingerprint density at radius 3 is 3.00 bits per heavy atom. The number of fused-ring (bicyclic) bond motifs is 1. The summed E-state index contributed by atoms with van der Waals surface area (Å²) in [6.45, 7) is 2.21. The van der Waals surface area contributed by atoms with Gasteiger partial charge in [-0.1, -0.05) is 5.92 Å². The number of carbonyl (C=O) groups is 2. The highest BCUT2D eigenvalue weighted by Crippen LogP contribution is 2.20. The van der Waals surface area contributed by atoms with Crippen molar-refractivity contribution >= 4 is 18.3 Å². The molecule has 1 N–H and O–H groups in total. The average Bonchev–Trinajstić information content (AvgIpc) is 2.67. The van der Waals surface area contributed by atoms with Crippen LogP contribution in [0.15, 0.2) is 4.99 Å². The molecular weight excluding hydrogens is 208 g/mol. The number of imide groups is 1. The van der Waals surface area contributed by atoms with E-state index in [0.717, 1.165) is 0 Å². The second kappa shape index (κ2) is 3.85. The Morgan fingerprint density at radius 1 is 1.56 bits per heavy atom. The normalized spacial score (nSPS) is 27.4.